The first-order valence-corrected chi connectivity index (χ1v) is 9.14. The van der Waals surface area contributed by atoms with Crippen molar-refractivity contribution in [3.8, 4) is 5.75 Å². The lowest BCUT2D eigenvalue weighted by Gasteiger charge is -2.16. The van der Waals surface area contributed by atoms with Gasteiger partial charge in [-0.15, -0.1) is 11.3 Å². The lowest BCUT2D eigenvalue weighted by molar-refractivity contribution is 0.0959. The van der Waals surface area contributed by atoms with E-state index in [4.69, 9.17) is 23.2 Å². The van der Waals surface area contributed by atoms with Gasteiger partial charge in [0, 0.05) is 15.5 Å². The van der Waals surface area contributed by atoms with Crippen LogP contribution >= 0.6 is 34.5 Å². The van der Waals surface area contributed by atoms with Gasteiger partial charge in [0.15, 0.2) is 0 Å². The van der Waals surface area contributed by atoms with Crippen LogP contribution in [0.2, 0.25) is 10.0 Å². The number of fused-ring (bicyclic) bond motifs is 1. The molecular formula is C17H16Cl2N2O2S. The second-order valence-electron chi connectivity index (χ2n) is 5.93. The van der Waals surface area contributed by atoms with E-state index in [1.807, 2.05) is 6.07 Å². The zero-order valence-corrected chi connectivity index (χ0v) is 15.3. The Morgan fingerprint density at radius 3 is 3.00 bits per heavy atom. The predicted octanol–water partition coefficient (Wildman–Crippen LogP) is 4.65. The molecule has 1 heterocycles. The molecule has 1 amide bonds. The third-order valence-electron chi connectivity index (χ3n) is 3.98. The van der Waals surface area contributed by atoms with Gasteiger partial charge in [-0.2, -0.15) is 5.10 Å². The van der Waals surface area contributed by atoms with Crippen molar-refractivity contribution in [2.75, 3.05) is 0 Å². The fourth-order valence-electron chi connectivity index (χ4n) is 2.72. The van der Waals surface area contributed by atoms with E-state index in [2.05, 4.69) is 17.5 Å². The Balaban J connectivity index is 1.70. The Labute approximate surface area is 154 Å². The molecule has 1 aromatic heterocycles. The number of aryl methyl sites for hydroxylation is 1. The smallest absolute Gasteiger partial charge is 0.281 e. The van der Waals surface area contributed by atoms with Gasteiger partial charge in [-0.25, -0.2) is 5.43 Å². The summed E-state index contributed by atoms with van der Waals surface area (Å²) in [6.45, 7) is 2.23. The minimum Gasteiger partial charge on any atom is -0.506 e. The summed E-state index contributed by atoms with van der Waals surface area (Å²) in [5.41, 5.74) is 4.09. The van der Waals surface area contributed by atoms with E-state index >= 15 is 0 Å². The van der Waals surface area contributed by atoms with Gasteiger partial charge in [-0.1, -0.05) is 30.1 Å². The van der Waals surface area contributed by atoms with Gasteiger partial charge in [0.2, 0.25) is 0 Å². The number of phenolic OH excluding ortho intramolecular Hbond substituents is 1. The highest BCUT2D eigenvalue weighted by molar-refractivity contribution is 7.14. The summed E-state index contributed by atoms with van der Waals surface area (Å²) in [6, 6.07) is 4.91. The number of thiophene rings is 1. The minimum absolute atomic E-state index is 0.125. The first-order chi connectivity index (χ1) is 11.4. The number of rotatable bonds is 3. The maximum absolute atomic E-state index is 12.2. The lowest BCUT2D eigenvalue weighted by Crippen LogP contribution is -2.16. The molecule has 1 aliphatic carbocycles. The number of hydrogen-bond acceptors (Lipinski definition) is 4. The third-order valence-corrected chi connectivity index (χ3v) is 5.72. The fourth-order valence-corrected chi connectivity index (χ4v) is 4.32. The Bertz CT molecular complexity index is 817. The van der Waals surface area contributed by atoms with Crippen LogP contribution in [0.1, 0.15) is 39.0 Å². The van der Waals surface area contributed by atoms with E-state index in [0.717, 1.165) is 12.8 Å². The average Bonchev–Trinajstić information content (AvgIpc) is 2.95. The van der Waals surface area contributed by atoms with E-state index in [-0.39, 0.29) is 16.7 Å². The Morgan fingerprint density at radius 2 is 2.21 bits per heavy atom. The largest absolute Gasteiger partial charge is 0.506 e. The summed E-state index contributed by atoms with van der Waals surface area (Å²) in [6.07, 6.45) is 4.55. The van der Waals surface area contributed by atoms with Crippen molar-refractivity contribution in [1.82, 2.24) is 5.43 Å². The number of hydrazone groups is 1. The van der Waals surface area contributed by atoms with Gasteiger partial charge in [-0.05, 0) is 48.9 Å². The second-order valence-corrected chi connectivity index (χ2v) is 7.91. The Morgan fingerprint density at radius 1 is 1.42 bits per heavy atom. The van der Waals surface area contributed by atoms with Crippen molar-refractivity contribution in [2.45, 2.75) is 26.2 Å². The molecule has 0 aliphatic heterocycles. The normalized spacial score (nSPS) is 17.0. The molecule has 2 N–H and O–H groups in total. The quantitative estimate of drug-likeness (QED) is 0.599. The molecule has 126 valence electrons. The molecule has 3 rings (SSSR count). The molecule has 2 aromatic rings. The molecule has 0 spiro atoms. The minimum atomic E-state index is -0.258. The first kappa shape index (κ1) is 17.3. The monoisotopic (exact) mass is 382 g/mol. The van der Waals surface area contributed by atoms with Crippen molar-refractivity contribution in [1.29, 1.82) is 0 Å². The van der Waals surface area contributed by atoms with Gasteiger partial charge in [0.25, 0.3) is 5.91 Å². The van der Waals surface area contributed by atoms with E-state index in [1.165, 1.54) is 46.5 Å². The van der Waals surface area contributed by atoms with Gasteiger partial charge < -0.3 is 5.11 Å². The van der Waals surface area contributed by atoms with Crippen LogP contribution in [-0.4, -0.2) is 17.2 Å². The average molecular weight is 383 g/mol. The highest BCUT2D eigenvalue weighted by atomic mass is 35.5. The number of carbonyl (C=O) groups is 1. The van der Waals surface area contributed by atoms with Crippen molar-refractivity contribution < 1.29 is 9.90 Å². The summed E-state index contributed by atoms with van der Waals surface area (Å²) in [5, 5.41) is 14.2. The molecular weight excluding hydrogens is 367 g/mol. The van der Waals surface area contributed by atoms with Crippen LogP contribution in [0.4, 0.5) is 0 Å². The molecule has 0 fully saturated rings. The number of aromatic hydroxyl groups is 1. The molecule has 0 radical (unpaired) electrons. The highest BCUT2D eigenvalue weighted by Crippen LogP contribution is 2.32. The molecule has 1 atom stereocenters. The zero-order valence-electron chi connectivity index (χ0n) is 13.0. The van der Waals surface area contributed by atoms with Crippen LogP contribution < -0.4 is 5.43 Å². The summed E-state index contributed by atoms with van der Waals surface area (Å²) in [7, 11) is 0. The fraction of sp³-hybridized carbons (Fsp3) is 0.294. The van der Waals surface area contributed by atoms with Gasteiger partial charge in [0.1, 0.15) is 5.75 Å². The van der Waals surface area contributed by atoms with E-state index in [0.29, 0.717) is 21.4 Å². The van der Waals surface area contributed by atoms with Crippen LogP contribution in [0.5, 0.6) is 5.75 Å². The SMILES string of the molecule is C[C@H]1CCc2sc(C(=O)N/N=C/c3cc(Cl)cc(Cl)c3O)cc2C1. The van der Waals surface area contributed by atoms with E-state index in [9.17, 15) is 9.90 Å². The lowest BCUT2D eigenvalue weighted by atomic mass is 9.90. The molecule has 1 aromatic carbocycles. The van der Waals surface area contributed by atoms with Crippen LogP contribution in [0.3, 0.4) is 0 Å². The number of benzene rings is 1. The molecule has 1 aliphatic rings. The zero-order chi connectivity index (χ0) is 17.3. The maximum Gasteiger partial charge on any atom is 0.281 e. The van der Waals surface area contributed by atoms with Crippen molar-refractivity contribution in [3.05, 3.63) is 49.1 Å². The highest BCUT2D eigenvalue weighted by Gasteiger charge is 2.20. The number of hydrogen-bond donors (Lipinski definition) is 2. The molecule has 0 saturated carbocycles. The van der Waals surface area contributed by atoms with Crippen molar-refractivity contribution in [3.63, 3.8) is 0 Å². The predicted molar refractivity (Wildman–Crippen MR) is 98.7 cm³/mol. The third kappa shape index (κ3) is 3.74. The maximum atomic E-state index is 12.2. The molecule has 0 unspecified atom stereocenters. The van der Waals surface area contributed by atoms with E-state index in [1.54, 1.807) is 0 Å². The number of nitrogens with one attached hydrogen (secondary N) is 1. The van der Waals surface area contributed by atoms with Gasteiger partial charge in [0.05, 0.1) is 16.1 Å². The van der Waals surface area contributed by atoms with Crippen LogP contribution in [-0.2, 0) is 12.8 Å². The number of nitrogens with zero attached hydrogens (tertiary/aromatic N) is 1. The van der Waals surface area contributed by atoms with E-state index < -0.39 is 0 Å². The van der Waals surface area contributed by atoms with Crippen molar-refractivity contribution in [2.24, 2.45) is 11.0 Å². The molecule has 7 heteroatoms. The summed E-state index contributed by atoms with van der Waals surface area (Å²) in [4.78, 5) is 14.2. The standard InChI is InChI=1S/C17H16Cl2N2O2S/c1-9-2-3-14-10(4-9)6-15(24-14)17(23)21-20-8-11-5-12(18)7-13(19)16(11)22/h5-9,22H,2-4H2,1H3,(H,21,23)/b20-8+/t9-/m0/s1. The number of carbonyl (C=O) groups excluding carboxylic acids is 1. The number of halogens is 2. The topological polar surface area (TPSA) is 61.7 Å². The molecule has 0 bridgehead atoms. The van der Waals surface area contributed by atoms with Gasteiger partial charge >= 0.3 is 0 Å². The molecule has 0 saturated heterocycles. The Kier molecular flexibility index (Phi) is 5.13. The van der Waals surface area contributed by atoms with Crippen LogP contribution in [0.15, 0.2) is 23.3 Å². The summed E-state index contributed by atoms with van der Waals surface area (Å²) >= 11 is 13.3. The molecule has 24 heavy (non-hydrogen) atoms. The van der Waals surface area contributed by atoms with Crippen LogP contribution in [0.25, 0.3) is 0 Å². The van der Waals surface area contributed by atoms with Crippen molar-refractivity contribution >= 4 is 46.7 Å². The van der Waals surface area contributed by atoms with Crippen LogP contribution in [0, 0.1) is 5.92 Å². The number of phenols is 1. The summed E-state index contributed by atoms with van der Waals surface area (Å²) < 4.78 is 0. The second kappa shape index (κ2) is 7.13. The Hall–Kier alpha value is -1.56. The number of amides is 1. The first-order valence-electron chi connectivity index (χ1n) is 7.57. The molecule has 4 nitrogen and oxygen atoms in total. The van der Waals surface area contributed by atoms with Gasteiger partial charge in [-0.3, -0.25) is 4.79 Å². The summed E-state index contributed by atoms with van der Waals surface area (Å²) in [5.74, 6) is 0.280.